The minimum absolute atomic E-state index is 0.168. The number of rotatable bonds is 4. The highest BCUT2D eigenvalue weighted by Gasteiger charge is 2.14. The predicted molar refractivity (Wildman–Crippen MR) is 56.7 cm³/mol. The van der Waals surface area contributed by atoms with Gasteiger partial charge in [-0.25, -0.2) is 4.79 Å². The van der Waals surface area contributed by atoms with Crippen LogP contribution in [-0.2, 0) is 14.3 Å². The molecule has 0 bridgehead atoms. The molecule has 2 N–H and O–H groups in total. The number of hydrogen-bond acceptors (Lipinski definition) is 4. The lowest BCUT2D eigenvalue weighted by atomic mass is 10.2. The first-order chi connectivity index (χ1) is 6.90. The van der Waals surface area contributed by atoms with Gasteiger partial charge in [0.2, 0.25) is 0 Å². The van der Waals surface area contributed by atoms with Gasteiger partial charge in [0.05, 0.1) is 7.11 Å². The Labute approximate surface area is 89.2 Å². The van der Waals surface area contributed by atoms with Crippen LogP contribution in [0, 0.1) is 0 Å². The van der Waals surface area contributed by atoms with Crippen molar-refractivity contribution in [3.8, 4) is 0 Å². The molecule has 0 heterocycles. The molecular weight excluding hydrogens is 196 g/mol. The molecule has 0 aliphatic carbocycles. The van der Waals surface area contributed by atoms with Crippen LogP contribution in [0.2, 0.25) is 0 Å². The normalized spacial score (nSPS) is 12.3. The van der Waals surface area contributed by atoms with E-state index in [9.17, 15) is 9.59 Å². The fourth-order valence-corrected chi connectivity index (χ4v) is 0.714. The fraction of sp³-hybridized carbons (Fsp3) is 0.400. The third-order valence-corrected chi connectivity index (χ3v) is 1.87. The highest BCUT2D eigenvalue weighted by Crippen LogP contribution is 2.01. The zero-order valence-corrected chi connectivity index (χ0v) is 9.40. The Morgan fingerprint density at radius 2 is 1.80 bits per heavy atom. The molecule has 0 aromatic rings. The summed E-state index contributed by atoms with van der Waals surface area (Å²) in [5, 5.41) is 0. The van der Waals surface area contributed by atoms with Crippen LogP contribution in [0.3, 0.4) is 0 Å². The van der Waals surface area contributed by atoms with Crippen molar-refractivity contribution in [2.24, 2.45) is 5.73 Å². The number of esters is 1. The average Bonchev–Trinajstić information content (AvgIpc) is 2.16. The maximum Gasteiger partial charge on any atom is 0.343 e. The number of nitrogens with two attached hydrogens (primary N) is 1. The number of methoxy groups -OCH3 is 1. The van der Waals surface area contributed by atoms with E-state index in [1.54, 1.807) is 6.08 Å². The average molecular weight is 212 g/mol. The Kier molecular flexibility index (Phi) is 5.15. The van der Waals surface area contributed by atoms with Gasteiger partial charge in [0, 0.05) is 19.8 Å². The number of ether oxygens (including phenoxy) is 1. The molecule has 0 aromatic carbocycles. The highest BCUT2D eigenvalue weighted by molar-refractivity contribution is 6.15. The Bertz CT molecular complexity index is 317. The molecular formula is C10H16N2O3. The molecule has 0 radical (unpaired) electrons. The van der Waals surface area contributed by atoms with Gasteiger partial charge in [0.25, 0.3) is 5.91 Å². The molecule has 0 saturated heterocycles. The van der Waals surface area contributed by atoms with Gasteiger partial charge in [-0.1, -0.05) is 0 Å². The summed E-state index contributed by atoms with van der Waals surface area (Å²) in [5.74, 6) is -1.53. The zero-order chi connectivity index (χ0) is 12.0. The molecule has 0 spiro atoms. The van der Waals surface area contributed by atoms with Crippen molar-refractivity contribution in [1.82, 2.24) is 4.90 Å². The van der Waals surface area contributed by atoms with E-state index in [0.717, 1.165) is 5.70 Å². The Morgan fingerprint density at radius 3 is 2.13 bits per heavy atom. The number of primary amides is 1. The Hall–Kier alpha value is -1.78. The summed E-state index contributed by atoms with van der Waals surface area (Å²) in [5.41, 5.74) is 5.74. The first-order valence-electron chi connectivity index (χ1n) is 4.34. The second kappa shape index (κ2) is 5.85. The minimum atomic E-state index is -0.801. The number of allylic oxidation sites excluding steroid dienone is 3. The summed E-state index contributed by atoms with van der Waals surface area (Å²) in [6.07, 6.45) is 2.97. The van der Waals surface area contributed by atoms with Crippen LogP contribution in [0.15, 0.2) is 23.4 Å². The molecule has 15 heavy (non-hydrogen) atoms. The van der Waals surface area contributed by atoms with Crippen LogP contribution in [0.5, 0.6) is 0 Å². The summed E-state index contributed by atoms with van der Waals surface area (Å²) in [7, 11) is 4.89. The standard InChI is InChI=1S/C10H16N2O3/c1-7(12(2)3)5-6-8(9(11)13)10(14)15-4/h5-6H,1-4H3,(H2,11,13)/b7-5-,8-6-. The third-order valence-electron chi connectivity index (χ3n) is 1.87. The van der Waals surface area contributed by atoms with Crippen molar-refractivity contribution in [2.75, 3.05) is 21.2 Å². The predicted octanol–water partition coefficient (Wildman–Crippen LogP) is 0.0365. The van der Waals surface area contributed by atoms with Crippen molar-refractivity contribution in [3.05, 3.63) is 23.4 Å². The van der Waals surface area contributed by atoms with Gasteiger partial charge in [-0.3, -0.25) is 4.79 Å². The van der Waals surface area contributed by atoms with Crippen molar-refractivity contribution in [2.45, 2.75) is 6.92 Å². The second-order valence-corrected chi connectivity index (χ2v) is 3.14. The maximum atomic E-state index is 11.1. The van der Waals surface area contributed by atoms with Crippen molar-refractivity contribution >= 4 is 11.9 Å². The molecule has 1 amide bonds. The monoisotopic (exact) mass is 212 g/mol. The molecule has 5 heteroatoms. The van der Waals surface area contributed by atoms with Crippen molar-refractivity contribution in [3.63, 3.8) is 0 Å². The van der Waals surface area contributed by atoms with Crippen molar-refractivity contribution in [1.29, 1.82) is 0 Å². The minimum Gasteiger partial charge on any atom is -0.465 e. The van der Waals surface area contributed by atoms with E-state index in [4.69, 9.17) is 5.73 Å². The lowest BCUT2D eigenvalue weighted by molar-refractivity contribution is -0.137. The summed E-state index contributed by atoms with van der Waals surface area (Å²) in [6.45, 7) is 1.84. The lowest BCUT2D eigenvalue weighted by Gasteiger charge is -2.11. The number of carbonyl (C=O) groups excluding carboxylic acids is 2. The van der Waals surface area contributed by atoms with E-state index in [1.807, 2.05) is 25.9 Å². The van der Waals surface area contributed by atoms with Crippen LogP contribution < -0.4 is 5.73 Å². The molecule has 0 fully saturated rings. The van der Waals surface area contributed by atoms with Crippen LogP contribution in [-0.4, -0.2) is 38.0 Å². The number of hydrogen-bond donors (Lipinski definition) is 1. The lowest BCUT2D eigenvalue weighted by Crippen LogP contribution is -2.21. The Balaban J connectivity index is 4.95. The highest BCUT2D eigenvalue weighted by atomic mass is 16.5. The van der Waals surface area contributed by atoms with Gasteiger partial charge in [0.1, 0.15) is 5.57 Å². The van der Waals surface area contributed by atoms with Gasteiger partial charge < -0.3 is 15.4 Å². The molecule has 0 unspecified atom stereocenters. The SMILES string of the molecule is COC(=O)/C(=C\C=C(\C)N(C)C)C(N)=O. The van der Waals surface area contributed by atoms with Gasteiger partial charge in [-0.05, 0) is 19.1 Å². The second-order valence-electron chi connectivity index (χ2n) is 3.14. The van der Waals surface area contributed by atoms with Crippen LogP contribution in [0.1, 0.15) is 6.92 Å². The maximum absolute atomic E-state index is 11.1. The molecule has 0 aliphatic heterocycles. The summed E-state index contributed by atoms with van der Waals surface area (Å²) >= 11 is 0. The van der Waals surface area contributed by atoms with E-state index < -0.39 is 11.9 Å². The van der Waals surface area contributed by atoms with E-state index in [2.05, 4.69) is 4.74 Å². The van der Waals surface area contributed by atoms with E-state index in [1.165, 1.54) is 13.2 Å². The first kappa shape index (κ1) is 13.2. The molecule has 0 atom stereocenters. The fourth-order valence-electron chi connectivity index (χ4n) is 0.714. The van der Waals surface area contributed by atoms with Gasteiger partial charge in [0.15, 0.2) is 0 Å². The van der Waals surface area contributed by atoms with E-state index in [-0.39, 0.29) is 5.57 Å². The van der Waals surface area contributed by atoms with Crippen LogP contribution in [0.4, 0.5) is 0 Å². The summed E-state index contributed by atoms with van der Waals surface area (Å²) in [4.78, 5) is 23.8. The zero-order valence-electron chi connectivity index (χ0n) is 9.40. The van der Waals surface area contributed by atoms with Gasteiger partial charge in [-0.2, -0.15) is 0 Å². The first-order valence-corrected chi connectivity index (χ1v) is 4.34. The van der Waals surface area contributed by atoms with E-state index >= 15 is 0 Å². The Morgan fingerprint density at radius 1 is 1.27 bits per heavy atom. The molecule has 0 aromatic heterocycles. The number of amides is 1. The molecule has 0 saturated carbocycles. The molecule has 5 nitrogen and oxygen atoms in total. The molecule has 0 rings (SSSR count). The topological polar surface area (TPSA) is 72.6 Å². The van der Waals surface area contributed by atoms with Crippen molar-refractivity contribution < 1.29 is 14.3 Å². The van der Waals surface area contributed by atoms with Crippen LogP contribution in [0.25, 0.3) is 0 Å². The van der Waals surface area contributed by atoms with Gasteiger partial charge >= 0.3 is 5.97 Å². The molecule has 84 valence electrons. The van der Waals surface area contributed by atoms with Crippen LogP contribution >= 0.6 is 0 Å². The number of nitrogens with zero attached hydrogens (tertiary/aromatic N) is 1. The number of carbonyl (C=O) groups is 2. The third kappa shape index (κ3) is 4.30. The smallest absolute Gasteiger partial charge is 0.343 e. The van der Waals surface area contributed by atoms with Gasteiger partial charge in [-0.15, -0.1) is 0 Å². The quantitative estimate of drug-likeness (QED) is 0.235. The summed E-state index contributed by atoms with van der Waals surface area (Å²) < 4.78 is 4.42. The largest absolute Gasteiger partial charge is 0.465 e. The molecule has 0 aliphatic rings. The van der Waals surface area contributed by atoms with E-state index in [0.29, 0.717) is 0 Å². The summed E-state index contributed by atoms with van der Waals surface area (Å²) in [6, 6.07) is 0.